The van der Waals surface area contributed by atoms with Crippen LogP contribution in [-0.2, 0) is 6.42 Å². The lowest BCUT2D eigenvalue weighted by atomic mass is 9.84. The minimum Gasteiger partial charge on any atom is -0.315 e. The van der Waals surface area contributed by atoms with Gasteiger partial charge in [-0.05, 0) is 63.3 Å². The third-order valence-corrected chi connectivity index (χ3v) is 4.59. The Morgan fingerprint density at radius 3 is 2.56 bits per heavy atom. The van der Waals surface area contributed by atoms with Crippen LogP contribution in [0, 0.1) is 0 Å². The Bertz CT molecular complexity index is 295. The number of hydrogen-bond donors (Lipinski definition) is 1. The first-order valence-electron chi connectivity index (χ1n) is 5.90. The molecule has 0 radical (unpaired) electrons. The van der Waals surface area contributed by atoms with Crippen LogP contribution in [0.1, 0.15) is 25.8 Å². The van der Waals surface area contributed by atoms with Gasteiger partial charge in [-0.3, -0.25) is 0 Å². The summed E-state index contributed by atoms with van der Waals surface area (Å²) in [5.74, 6) is 0. The van der Waals surface area contributed by atoms with Crippen LogP contribution in [0.4, 0.5) is 0 Å². The number of likely N-dealkylation sites (N-methyl/N-ethyl adjacent to an activating group) is 2. The predicted octanol–water partition coefficient (Wildman–Crippen LogP) is 2.61. The maximum Gasteiger partial charge on any atom is 0.0328 e. The molecule has 0 saturated heterocycles. The molecule has 0 aliphatic carbocycles. The van der Waals surface area contributed by atoms with Crippen molar-refractivity contribution in [1.82, 2.24) is 10.2 Å². The van der Waals surface area contributed by atoms with Gasteiger partial charge >= 0.3 is 0 Å². The zero-order chi connectivity index (χ0) is 12.2. The van der Waals surface area contributed by atoms with Crippen molar-refractivity contribution in [2.75, 3.05) is 21.1 Å². The van der Waals surface area contributed by atoms with E-state index in [1.165, 1.54) is 5.56 Å². The van der Waals surface area contributed by atoms with Crippen molar-refractivity contribution in [1.29, 1.82) is 0 Å². The van der Waals surface area contributed by atoms with Gasteiger partial charge in [0.1, 0.15) is 0 Å². The molecule has 92 valence electrons. The summed E-state index contributed by atoms with van der Waals surface area (Å²) in [6, 6.07) is 2.71. The maximum absolute atomic E-state index is 3.48. The Hall–Kier alpha value is -0.380. The second kappa shape index (κ2) is 5.80. The van der Waals surface area contributed by atoms with Gasteiger partial charge < -0.3 is 10.2 Å². The van der Waals surface area contributed by atoms with E-state index in [1.807, 2.05) is 0 Å². The van der Waals surface area contributed by atoms with Gasteiger partial charge in [-0.2, -0.15) is 11.3 Å². The second-order valence-electron chi connectivity index (χ2n) is 4.78. The molecular weight excluding hydrogens is 216 g/mol. The number of rotatable bonds is 6. The summed E-state index contributed by atoms with van der Waals surface area (Å²) >= 11 is 1.78. The minimum absolute atomic E-state index is 0.205. The highest BCUT2D eigenvalue weighted by Crippen LogP contribution is 2.24. The summed E-state index contributed by atoms with van der Waals surface area (Å²) in [5.41, 5.74) is 1.64. The number of thiophene rings is 1. The maximum atomic E-state index is 3.48. The normalized spacial score (nSPS) is 17.4. The molecule has 2 atom stereocenters. The van der Waals surface area contributed by atoms with Crippen LogP contribution in [0.2, 0.25) is 0 Å². The van der Waals surface area contributed by atoms with E-state index in [9.17, 15) is 0 Å². The highest BCUT2D eigenvalue weighted by Gasteiger charge is 2.33. The molecule has 0 saturated carbocycles. The molecule has 2 unspecified atom stereocenters. The standard InChI is InChI=1S/C13H24N2S/c1-6-13(2,15(4)5)12(14-3)9-11-7-8-16-10-11/h7-8,10,12,14H,6,9H2,1-5H3. The van der Waals surface area contributed by atoms with Crippen LogP contribution in [-0.4, -0.2) is 37.6 Å². The fourth-order valence-corrected chi connectivity index (χ4v) is 2.83. The molecule has 1 aromatic rings. The van der Waals surface area contributed by atoms with Gasteiger partial charge in [0, 0.05) is 11.6 Å². The van der Waals surface area contributed by atoms with Crippen molar-refractivity contribution < 1.29 is 0 Å². The van der Waals surface area contributed by atoms with Gasteiger partial charge in [0.05, 0.1) is 0 Å². The Kier molecular flexibility index (Phi) is 4.96. The molecule has 0 spiro atoms. The largest absolute Gasteiger partial charge is 0.315 e. The number of nitrogens with zero attached hydrogens (tertiary/aromatic N) is 1. The predicted molar refractivity (Wildman–Crippen MR) is 73.3 cm³/mol. The summed E-state index contributed by atoms with van der Waals surface area (Å²) in [7, 11) is 6.40. The smallest absolute Gasteiger partial charge is 0.0328 e. The van der Waals surface area contributed by atoms with Crippen molar-refractivity contribution >= 4 is 11.3 Å². The Morgan fingerprint density at radius 1 is 1.50 bits per heavy atom. The van der Waals surface area contributed by atoms with Gasteiger partial charge in [-0.1, -0.05) is 6.92 Å². The van der Waals surface area contributed by atoms with E-state index in [2.05, 4.69) is 62.0 Å². The molecule has 0 aromatic carbocycles. The first-order chi connectivity index (χ1) is 7.54. The lowest BCUT2D eigenvalue weighted by molar-refractivity contribution is 0.116. The van der Waals surface area contributed by atoms with Crippen molar-refractivity contribution in [3.8, 4) is 0 Å². The Labute approximate surface area is 104 Å². The lowest BCUT2D eigenvalue weighted by Gasteiger charge is -2.42. The molecule has 16 heavy (non-hydrogen) atoms. The van der Waals surface area contributed by atoms with E-state index in [0.29, 0.717) is 6.04 Å². The molecule has 1 aromatic heterocycles. The van der Waals surface area contributed by atoms with Crippen LogP contribution in [0.3, 0.4) is 0 Å². The Morgan fingerprint density at radius 2 is 2.19 bits per heavy atom. The molecule has 3 heteroatoms. The SMILES string of the molecule is CCC(C)(C(Cc1ccsc1)NC)N(C)C. The van der Waals surface area contributed by atoms with Gasteiger partial charge in [-0.15, -0.1) is 0 Å². The van der Waals surface area contributed by atoms with E-state index in [4.69, 9.17) is 0 Å². The van der Waals surface area contributed by atoms with Crippen LogP contribution in [0.25, 0.3) is 0 Å². The van der Waals surface area contributed by atoms with E-state index >= 15 is 0 Å². The molecule has 0 aliphatic heterocycles. The van der Waals surface area contributed by atoms with Crippen molar-refractivity contribution in [3.63, 3.8) is 0 Å². The van der Waals surface area contributed by atoms with Crippen LogP contribution in [0.15, 0.2) is 16.8 Å². The Balaban J connectivity index is 2.79. The highest BCUT2D eigenvalue weighted by atomic mass is 32.1. The average Bonchev–Trinajstić information content (AvgIpc) is 2.77. The second-order valence-corrected chi connectivity index (χ2v) is 5.56. The zero-order valence-electron chi connectivity index (χ0n) is 11.1. The van der Waals surface area contributed by atoms with E-state index < -0.39 is 0 Å². The summed E-state index contributed by atoms with van der Waals surface area (Å²) in [6.45, 7) is 4.60. The molecule has 1 heterocycles. The molecule has 1 rings (SSSR count). The average molecular weight is 240 g/mol. The summed E-state index contributed by atoms with van der Waals surface area (Å²) in [5, 5.41) is 7.88. The lowest BCUT2D eigenvalue weighted by Crippen LogP contribution is -2.56. The fraction of sp³-hybridized carbons (Fsp3) is 0.692. The van der Waals surface area contributed by atoms with Crippen molar-refractivity contribution in [2.45, 2.75) is 38.3 Å². The summed E-state index contributed by atoms with van der Waals surface area (Å²) < 4.78 is 0. The number of nitrogens with one attached hydrogen (secondary N) is 1. The van der Waals surface area contributed by atoms with Crippen LogP contribution >= 0.6 is 11.3 Å². The van der Waals surface area contributed by atoms with Gasteiger partial charge in [-0.25, -0.2) is 0 Å². The minimum atomic E-state index is 0.205. The van der Waals surface area contributed by atoms with Crippen molar-refractivity contribution in [2.24, 2.45) is 0 Å². The summed E-state index contributed by atoms with van der Waals surface area (Å²) in [4.78, 5) is 2.33. The molecule has 0 bridgehead atoms. The third kappa shape index (κ3) is 2.84. The first-order valence-corrected chi connectivity index (χ1v) is 6.84. The molecule has 1 N–H and O–H groups in total. The third-order valence-electron chi connectivity index (χ3n) is 3.86. The zero-order valence-corrected chi connectivity index (χ0v) is 11.9. The van der Waals surface area contributed by atoms with Crippen molar-refractivity contribution in [3.05, 3.63) is 22.4 Å². The fourth-order valence-electron chi connectivity index (χ4n) is 2.15. The molecule has 2 nitrogen and oxygen atoms in total. The first kappa shape index (κ1) is 13.7. The number of hydrogen-bond acceptors (Lipinski definition) is 3. The monoisotopic (exact) mass is 240 g/mol. The molecule has 0 fully saturated rings. The van der Waals surface area contributed by atoms with Gasteiger partial charge in [0.25, 0.3) is 0 Å². The quantitative estimate of drug-likeness (QED) is 0.822. The van der Waals surface area contributed by atoms with Crippen LogP contribution < -0.4 is 5.32 Å². The van der Waals surface area contributed by atoms with Gasteiger partial charge in [0.2, 0.25) is 0 Å². The van der Waals surface area contributed by atoms with E-state index in [-0.39, 0.29) is 5.54 Å². The topological polar surface area (TPSA) is 15.3 Å². The van der Waals surface area contributed by atoms with Gasteiger partial charge in [0.15, 0.2) is 0 Å². The van der Waals surface area contributed by atoms with E-state index in [0.717, 1.165) is 12.8 Å². The molecular formula is C13H24N2S. The van der Waals surface area contributed by atoms with Crippen LogP contribution in [0.5, 0.6) is 0 Å². The van der Waals surface area contributed by atoms with E-state index in [1.54, 1.807) is 11.3 Å². The summed E-state index contributed by atoms with van der Waals surface area (Å²) in [6.07, 6.45) is 2.25. The highest BCUT2D eigenvalue weighted by molar-refractivity contribution is 7.07. The molecule has 0 aliphatic rings. The molecule has 0 amide bonds.